The number of hydrogen-bond acceptors (Lipinski definition) is 2. The summed E-state index contributed by atoms with van der Waals surface area (Å²) in [7, 11) is 0. The topological polar surface area (TPSA) is 29.5 Å². The molecule has 0 aromatic heterocycles. The highest BCUT2D eigenvalue weighted by Crippen LogP contribution is 2.29. The first-order valence-corrected chi connectivity index (χ1v) is 4.25. The van der Waals surface area contributed by atoms with Crippen molar-refractivity contribution < 1.29 is 14.2 Å². The molecule has 1 rings (SSSR count). The Labute approximate surface area is 78.1 Å². The molecule has 0 unspecified atom stereocenters. The van der Waals surface area contributed by atoms with Crippen LogP contribution in [0.1, 0.15) is 6.92 Å². The zero-order valence-corrected chi connectivity index (χ0v) is 8.06. The van der Waals surface area contributed by atoms with Crippen molar-refractivity contribution in [2.24, 2.45) is 0 Å². The van der Waals surface area contributed by atoms with E-state index < -0.39 is 5.82 Å². The van der Waals surface area contributed by atoms with E-state index in [-0.39, 0.29) is 16.0 Å². The molecule has 0 atom stereocenters. The van der Waals surface area contributed by atoms with Gasteiger partial charge in [0.25, 0.3) is 0 Å². The van der Waals surface area contributed by atoms with Crippen LogP contribution in [0.3, 0.4) is 0 Å². The average Bonchev–Trinajstić information content (AvgIpc) is 2.00. The van der Waals surface area contributed by atoms with Crippen molar-refractivity contribution in [2.75, 3.05) is 6.61 Å². The maximum absolute atomic E-state index is 13.1. The number of phenolic OH excluding ortho intramolecular Hbond substituents is 1. The Morgan fingerprint density at radius 2 is 2.25 bits per heavy atom. The molecule has 0 spiro atoms. The minimum atomic E-state index is -0.491. The predicted molar refractivity (Wildman–Crippen MR) is 46.9 cm³/mol. The zero-order chi connectivity index (χ0) is 9.14. The first kappa shape index (κ1) is 9.32. The molecule has 66 valence electrons. The third-order valence-corrected chi connectivity index (χ3v) is 1.86. The Hall–Kier alpha value is -0.770. The minimum Gasteiger partial charge on any atom is -0.508 e. The van der Waals surface area contributed by atoms with E-state index in [1.54, 1.807) is 6.92 Å². The lowest BCUT2D eigenvalue weighted by molar-refractivity contribution is 0.318. The standard InChI is InChI=1S/C8H8BrFO2/c1-2-12-7-4-5(11)3-6(9)8(7)10/h3-4,11H,2H2,1H3. The summed E-state index contributed by atoms with van der Waals surface area (Å²) in [6, 6.07) is 2.52. The normalized spacial score (nSPS) is 9.92. The molecule has 0 saturated carbocycles. The molecular weight excluding hydrogens is 227 g/mol. The van der Waals surface area contributed by atoms with Crippen LogP contribution in [0.5, 0.6) is 11.5 Å². The second-order valence-electron chi connectivity index (χ2n) is 2.17. The fourth-order valence-corrected chi connectivity index (χ4v) is 1.24. The van der Waals surface area contributed by atoms with Crippen LogP contribution >= 0.6 is 15.9 Å². The second kappa shape index (κ2) is 3.76. The third kappa shape index (κ3) is 1.88. The monoisotopic (exact) mass is 234 g/mol. The van der Waals surface area contributed by atoms with Crippen molar-refractivity contribution in [1.82, 2.24) is 0 Å². The van der Waals surface area contributed by atoms with Gasteiger partial charge in [-0.15, -0.1) is 0 Å². The van der Waals surface area contributed by atoms with Crippen molar-refractivity contribution in [2.45, 2.75) is 6.92 Å². The lowest BCUT2D eigenvalue weighted by atomic mass is 10.3. The molecule has 0 fully saturated rings. The van der Waals surface area contributed by atoms with Crippen LogP contribution in [0, 0.1) is 5.82 Å². The molecule has 0 bridgehead atoms. The van der Waals surface area contributed by atoms with E-state index in [0.29, 0.717) is 6.61 Å². The van der Waals surface area contributed by atoms with E-state index in [1.807, 2.05) is 0 Å². The summed E-state index contributed by atoms with van der Waals surface area (Å²) >= 11 is 2.95. The molecule has 0 radical (unpaired) electrons. The lowest BCUT2D eigenvalue weighted by Crippen LogP contribution is -1.94. The summed E-state index contributed by atoms with van der Waals surface area (Å²) in [5, 5.41) is 9.07. The molecule has 0 amide bonds. The first-order valence-electron chi connectivity index (χ1n) is 3.46. The fraction of sp³-hybridized carbons (Fsp3) is 0.250. The number of aromatic hydroxyl groups is 1. The second-order valence-corrected chi connectivity index (χ2v) is 3.03. The van der Waals surface area contributed by atoms with E-state index in [1.165, 1.54) is 12.1 Å². The summed E-state index contributed by atoms with van der Waals surface area (Å²) in [5.74, 6) is -0.453. The van der Waals surface area contributed by atoms with Gasteiger partial charge in [0.05, 0.1) is 11.1 Å². The third-order valence-electron chi connectivity index (χ3n) is 1.28. The maximum atomic E-state index is 13.1. The van der Waals surface area contributed by atoms with Gasteiger partial charge in [0.15, 0.2) is 11.6 Å². The number of hydrogen-bond donors (Lipinski definition) is 1. The van der Waals surface area contributed by atoms with Gasteiger partial charge in [-0.2, -0.15) is 0 Å². The Kier molecular flexibility index (Phi) is 2.92. The lowest BCUT2D eigenvalue weighted by Gasteiger charge is -2.05. The van der Waals surface area contributed by atoms with Crippen molar-refractivity contribution in [3.8, 4) is 11.5 Å². The Bertz CT molecular complexity index is 289. The van der Waals surface area contributed by atoms with Gasteiger partial charge in [-0.25, -0.2) is 4.39 Å². The molecule has 1 aromatic carbocycles. The van der Waals surface area contributed by atoms with Crippen molar-refractivity contribution in [3.63, 3.8) is 0 Å². The average molecular weight is 235 g/mol. The van der Waals surface area contributed by atoms with Crippen LogP contribution in [0.2, 0.25) is 0 Å². The molecule has 0 aliphatic heterocycles. The van der Waals surface area contributed by atoms with Crippen molar-refractivity contribution >= 4 is 15.9 Å². The highest BCUT2D eigenvalue weighted by Gasteiger charge is 2.08. The first-order chi connectivity index (χ1) is 5.65. The Balaban J connectivity index is 3.09. The molecule has 1 N–H and O–H groups in total. The number of ether oxygens (including phenoxy) is 1. The van der Waals surface area contributed by atoms with Gasteiger partial charge in [0.1, 0.15) is 5.75 Å². The van der Waals surface area contributed by atoms with E-state index >= 15 is 0 Å². The van der Waals surface area contributed by atoms with Crippen LogP contribution in [-0.2, 0) is 0 Å². The number of benzene rings is 1. The van der Waals surface area contributed by atoms with Gasteiger partial charge in [-0.05, 0) is 28.9 Å². The van der Waals surface area contributed by atoms with Gasteiger partial charge < -0.3 is 9.84 Å². The van der Waals surface area contributed by atoms with Crippen molar-refractivity contribution in [3.05, 3.63) is 22.4 Å². The highest BCUT2D eigenvalue weighted by molar-refractivity contribution is 9.10. The zero-order valence-electron chi connectivity index (χ0n) is 6.47. The molecule has 0 aliphatic carbocycles. The number of halogens is 2. The summed E-state index contributed by atoms with van der Waals surface area (Å²) in [4.78, 5) is 0. The van der Waals surface area contributed by atoms with Crippen LogP contribution in [0.15, 0.2) is 16.6 Å². The fourth-order valence-electron chi connectivity index (χ4n) is 0.811. The largest absolute Gasteiger partial charge is 0.508 e. The van der Waals surface area contributed by atoms with Gasteiger partial charge >= 0.3 is 0 Å². The molecule has 12 heavy (non-hydrogen) atoms. The predicted octanol–water partition coefficient (Wildman–Crippen LogP) is 2.69. The summed E-state index contributed by atoms with van der Waals surface area (Å²) < 4.78 is 18.2. The van der Waals surface area contributed by atoms with Gasteiger partial charge in [0.2, 0.25) is 0 Å². The molecule has 0 saturated heterocycles. The van der Waals surface area contributed by atoms with E-state index in [4.69, 9.17) is 9.84 Å². The minimum absolute atomic E-state index is 0.0216. The van der Waals surface area contributed by atoms with Gasteiger partial charge in [-0.3, -0.25) is 0 Å². The smallest absolute Gasteiger partial charge is 0.179 e. The Morgan fingerprint density at radius 3 is 2.83 bits per heavy atom. The summed E-state index contributed by atoms with van der Waals surface area (Å²) in [6.45, 7) is 2.12. The molecule has 0 heterocycles. The number of rotatable bonds is 2. The highest BCUT2D eigenvalue weighted by atomic mass is 79.9. The summed E-state index contributed by atoms with van der Waals surface area (Å²) in [5.41, 5.74) is 0. The SMILES string of the molecule is CCOc1cc(O)cc(Br)c1F. The number of phenols is 1. The molecule has 4 heteroatoms. The van der Waals surface area contributed by atoms with E-state index in [0.717, 1.165) is 0 Å². The van der Waals surface area contributed by atoms with Crippen molar-refractivity contribution in [1.29, 1.82) is 0 Å². The Morgan fingerprint density at radius 1 is 1.58 bits per heavy atom. The van der Waals surface area contributed by atoms with E-state index in [9.17, 15) is 4.39 Å². The van der Waals surface area contributed by atoms with Crippen LogP contribution in [0.4, 0.5) is 4.39 Å². The maximum Gasteiger partial charge on any atom is 0.179 e. The van der Waals surface area contributed by atoms with E-state index in [2.05, 4.69) is 15.9 Å². The van der Waals surface area contributed by atoms with Crippen LogP contribution in [0.25, 0.3) is 0 Å². The molecule has 2 nitrogen and oxygen atoms in total. The van der Waals surface area contributed by atoms with Crippen LogP contribution < -0.4 is 4.74 Å². The molecule has 1 aromatic rings. The van der Waals surface area contributed by atoms with Gasteiger partial charge in [-0.1, -0.05) is 0 Å². The molecule has 0 aliphatic rings. The van der Waals surface area contributed by atoms with Crippen LogP contribution in [-0.4, -0.2) is 11.7 Å². The van der Waals surface area contributed by atoms with Gasteiger partial charge in [0, 0.05) is 6.07 Å². The molecular formula is C8H8BrFO2. The quantitative estimate of drug-likeness (QED) is 0.853. The summed E-state index contributed by atoms with van der Waals surface area (Å²) in [6.07, 6.45) is 0.